The second-order valence-corrected chi connectivity index (χ2v) is 2.70. The smallest absolute Gasteiger partial charge is 0.200 e. The number of rotatable bonds is 1. The van der Waals surface area contributed by atoms with E-state index in [1.165, 1.54) is 4.58 Å². The molecule has 0 saturated carbocycles. The van der Waals surface area contributed by atoms with Crippen LogP contribution in [0.15, 0.2) is 36.9 Å². The molecule has 1 heterocycles. The highest BCUT2D eigenvalue weighted by Crippen LogP contribution is 2.29. The minimum absolute atomic E-state index is 0.138. The van der Waals surface area contributed by atoms with E-state index in [9.17, 15) is 4.79 Å². The third-order valence-electron chi connectivity index (χ3n) is 1.88. The predicted octanol–water partition coefficient (Wildman–Crippen LogP) is 2.13. The molecule has 1 aromatic rings. The van der Waals surface area contributed by atoms with E-state index in [2.05, 4.69) is 11.9 Å². The molecule has 13 heavy (non-hydrogen) atoms. The number of amides is 2. The lowest BCUT2D eigenvalue weighted by molar-refractivity contribution is -0.313. The van der Waals surface area contributed by atoms with Gasteiger partial charge in [-0.15, -0.1) is 0 Å². The van der Waals surface area contributed by atoms with E-state index >= 15 is 0 Å². The Balaban J connectivity index is 2.59. The van der Waals surface area contributed by atoms with Crippen LogP contribution in [0, 0.1) is 0 Å². The Kier molecular flexibility index (Phi) is 1.70. The molecule has 2 amide bonds. The number of carbonyl (C=O) groups excluding carboxylic acids is 1. The summed E-state index contributed by atoms with van der Waals surface area (Å²) >= 11 is 0. The van der Waals surface area contributed by atoms with Crippen molar-refractivity contribution in [3.05, 3.63) is 36.9 Å². The first-order chi connectivity index (χ1) is 6.33. The number of carbonyl (C=O) groups is 1. The molecular formula is C10H9N2O+. The third-order valence-corrected chi connectivity index (χ3v) is 1.88. The minimum Gasteiger partial charge on any atom is -0.200 e. The number of nitrogens with one attached hydrogen (secondary N) is 1. The zero-order chi connectivity index (χ0) is 9.26. The number of fused-ring (bicyclic) bond motifs is 1. The van der Waals surface area contributed by atoms with Gasteiger partial charge in [0.15, 0.2) is 11.4 Å². The Hall–Kier alpha value is -1.90. The maximum Gasteiger partial charge on any atom is 0.501 e. The lowest BCUT2D eigenvalue weighted by Crippen LogP contribution is -2.14. The summed E-state index contributed by atoms with van der Waals surface area (Å²) in [7, 11) is 0. The number of urea groups is 1. The number of hydrogen-bond donors (Lipinski definition) is 1. The summed E-state index contributed by atoms with van der Waals surface area (Å²) in [6.07, 6.45) is 3.23. The van der Waals surface area contributed by atoms with Gasteiger partial charge in [-0.3, -0.25) is 0 Å². The summed E-state index contributed by atoms with van der Waals surface area (Å²) in [5.41, 5.74) is 1.71. The van der Waals surface area contributed by atoms with Gasteiger partial charge in [-0.25, -0.2) is 0 Å². The van der Waals surface area contributed by atoms with Gasteiger partial charge >= 0.3 is 6.03 Å². The second-order valence-electron chi connectivity index (χ2n) is 2.70. The fourth-order valence-electron chi connectivity index (χ4n) is 1.33. The van der Waals surface area contributed by atoms with Crippen LogP contribution in [-0.4, -0.2) is 16.8 Å². The summed E-state index contributed by atoms with van der Waals surface area (Å²) < 4.78 is 1.53. The molecular weight excluding hydrogens is 164 g/mol. The summed E-state index contributed by atoms with van der Waals surface area (Å²) in [5, 5.41) is 2.74. The van der Waals surface area contributed by atoms with Gasteiger partial charge in [0.1, 0.15) is 0 Å². The van der Waals surface area contributed by atoms with Gasteiger partial charge in [-0.2, -0.15) is 14.7 Å². The number of hydrogen-bond acceptors (Lipinski definition) is 1. The van der Waals surface area contributed by atoms with Crippen molar-refractivity contribution in [3.63, 3.8) is 0 Å². The van der Waals surface area contributed by atoms with E-state index in [0.717, 1.165) is 11.4 Å². The number of para-hydroxylation sites is 2. The van der Waals surface area contributed by atoms with Crippen molar-refractivity contribution in [2.24, 2.45) is 0 Å². The van der Waals surface area contributed by atoms with Crippen LogP contribution in [0.4, 0.5) is 16.2 Å². The average Bonchev–Trinajstić information content (AvgIpc) is 2.44. The number of allylic oxidation sites excluding steroid dienone is 1. The normalized spacial score (nSPS) is 16.9. The SMILES string of the molecule is C=C/C=[N+]1\C(=O)Nc2ccccc21. The van der Waals surface area contributed by atoms with Crippen LogP contribution in [-0.2, 0) is 0 Å². The van der Waals surface area contributed by atoms with Crippen LogP contribution in [0.3, 0.4) is 0 Å². The Bertz CT molecular complexity index is 407. The van der Waals surface area contributed by atoms with Gasteiger partial charge in [0.2, 0.25) is 0 Å². The maximum absolute atomic E-state index is 11.4. The van der Waals surface area contributed by atoms with E-state index in [0.29, 0.717) is 0 Å². The third kappa shape index (κ3) is 1.14. The van der Waals surface area contributed by atoms with Crippen LogP contribution in [0.25, 0.3) is 0 Å². The Morgan fingerprint density at radius 3 is 2.92 bits per heavy atom. The molecule has 64 valence electrons. The number of anilines is 1. The Labute approximate surface area is 76.0 Å². The minimum atomic E-state index is -0.138. The maximum atomic E-state index is 11.4. The molecule has 1 aromatic carbocycles. The molecule has 0 bridgehead atoms. The summed E-state index contributed by atoms with van der Waals surface area (Å²) in [5.74, 6) is 0. The lowest BCUT2D eigenvalue weighted by Gasteiger charge is -1.90. The predicted molar refractivity (Wildman–Crippen MR) is 51.6 cm³/mol. The van der Waals surface area contributed by atoms with Crippen molar-refractivity contribution < 1.29 is 9.37 Å². The molecule has 1 N–H and O–H groups in total. The summed E-state index contributed by atoms with van der Waals surface area (Å²) in [6.45, 7) is 3.55. The van der Waals surface area contributed by atoms with Crippen LogP contribution in [0.2, 0.25) is 0 Å². The lowest BCUT2D eigenvalue weighted by atomic mass is 10.3. The van der Waals surface area contributed by atoms with Gasteiger partial charge in [-0.05, 0) is 18.2 Å². The topological polar surface area (TPSA) is 32.1 Å². The van der Waals surface area contributed by atoms with Crippen molar-refractivity contribution >= 4 is 23.6 Å². The quantitative estimate of drug-likeness (QED) is 0.648. The average molecular weight is 173 g/mol. The monoisotopic (exact) mass is 173 g/mol. The van der Waals surface area contributed by atoms with Gasteiger partial charge < -0.3 is 0 Å². The molecule has 0 fully saturated rings. The molecule has 3 heteroatoms. The molecule has 0 aliphatic carbocycles. The highest BCUT2D eigenvalue weighted by atomic mass is 16.2. The molecule has 0 radical (unpaired) electrons. The fourth-order valence-corrected chi connectivity index (χ4v) is 1.33. The molecule has 1 aliphatic heterocycles. The van der Waals surface area contributed by atoms with Crippen molar-refractivity contribution in [1.82, 2.24) is 0 Å². The standard InChI is InChI=1S/C10H8N2O/c1-2-7-12-9-6-4-3-5-8(9)11-10(12)13/h2-7H,1H2/p+1/b12-7-. The fraction of sp³-hybridized carbons (Fsp3) is 0. The number of benzene rings is 1. The van der Waals surface area contributed by atoms with E-state index < -0.39 is 0 Å². The first-order valence-electron chi connectivity index (χ1n) is 3.98. The van der Waals surface area contributed by atoms with Gasteiger partial charge in [0, 0.05) is 0 Å². The number of nitrogens with zero attached hydrogens (tertiary/aromatic N) is 1. The molecule has 0 atom stereocenters. The summed E-state index contributed by atoms with van der Waals surface area (Å²) in [6, 6.07) is 7.39. The Morgan fingerprint density at radius 2 is 2.15 bits per heavy atom. The van der Waals surface area contributed by atoms with Gasteiger partial charge in [-0.1, -0.05) is 18.7 Å². The largest absolute Gasteiger partial charge is 0.501 e. The molecule has 0 unspecified atom stereocenters. The van der Waals surface area contributed by atoms with E-state index in [1.807, 2.05) is 24.3 Å². The highest BCUT2D eigenvalue weighted by Gasteiger charge is 2.30. The van der Waals surface area contributed by atoms with Crippen molar-refractivity contribution in [2.45, 2.75) is 0 Å². The second kappa shape index (κ2) is 2.86. The molecule has 3 nitrogen and oxygen atoms in total. The van der Waals surface area contributed by atoms with Crippen molar-refractivity contribution in [2.75, 3.05) is 5.32 Å². The van der Waals surface area contributed by atoms with E-state index in [1.54, 1.807) is 12.3 Å². The van der Waals surface area contributed by atoms with Crippen molar-refractivity contribution in [1.29, 1.82) is 0 Å². The van der Waals surface area contributed by atoms with Crippen LogP contribution < -0.4 is 5.32 Å². The molecule has 0 aromatic heterocycles. The van der Waals surface area contributed by atoms with Crippen LogP contribution in [0.5, 0.6) is 0 Å². The van der Waals surface area contributed by atoms with E-state index in [-0.39, 0.29) is 6.03 Å². The molecule has 1 aliphatic rings. The zero-order valence-electron chi connectivity index (χ0n) is 7.03. The Morgan fingerprint density at radius 1 is 1.38 bits per heavy atom. The molecule has 2 rings (SSSR count). The highest BCUT2D eigenvalue weighted by molar-refractivity contribution is 5.96. The van der Waals surface area contributed by atoms with Gasteiger partial charge in [0.25, 0.3) is 0 Å². The van der Waals surface area contributed by atoms with Crippen LogP contribution >= 0.6 is 0 Å². The van der Waals surface area contributed by atoms with Gasteiger partial charge in [0.05, 0.1) is 6.21 Å². The van der Waals surface area contributed by atoms with Crippen LogP contribution in [0.1, 0.15) is 0 Å². The first kappa shape index (κ1) is 7.73. The summed E-state index contributed by atoms with van der Waals surface area (Å²) in [4.78, 5) is 11.4. The van der Waals surface area contributed by atoms with E-state index in [4.69, 9.17) is 0 Å². The zero-order valence-corrected chi connectivity index (χ0v) is 7.03. The molecule has 0 spiro atoms. The van der Waals surface area contributed by atoms with Crippen molar-refractivity contribution in [3.8, 4) is 0 Å². The molecule has 0 saturated heterocycles. The first-order valence-corrected chi connectivity index (χ1v) is 3.98.